The first kappa shape index (κ1) is 14.9. The molecule has 1 unspecified atom stereocenters. The van der Waals surface area contributed by atoms with Crippen LogP contribution in [0.5, 0.6) is 0 Å². The Morgan fingerprint density at radius 2 is 2.14 bits per heavy atom. The second-order valence-corrected chi connectivity index (χ2v) is 7.46. The number of alkyl halides is 1. The Hall–Kier alpha value is -1.02. The van der Waals surface area contributed by atoms with Crippen LogP contribution in [0, 0.1) is 12.3 Å². The Kier molecular flexibility index (Phi) is 4.00. The smallest absolute Gasteiger partial charge is 0.111 e. The molecule has 2 nitrogen and oxygen atoms in total. The van der Waals surface area contributed by atoms with Gasteiger partial charge in [-0.2, -0.15) is 0 Å². The van der Waals surface area contributed by atoms with Crippen molar-refractivity contribution >= 4 is 22.6 Å². The van der Waals surface area contributed by atoms with E-state index in [0.29, 0.717) is 17.3 Å². The van der Waals surface area contributed by atoms with Crippen LogP contribution in [-0.2, 0) is 6.42 Å². The van der Waals surface area contributed by atoms with E-state index >= 15 is 0 Å². The van der Waals surface area contributed by atoms with Crippen molar-refractivity contribution in [2.24, 2.45) is 5.41 Å². The second kappa shape index (κ2) is 5.64. The molecule has 1 aliphatic rings. The average Bonchev–Trinajstić information content (AvgIpc) is 2.76. The molecule has 2 aromatic rings. The van der Waals surface area contributed by atoms with Gasteiger partial charge in [-0.25, -0.2) is 4.98 Å². The van der Waals surface area contributed by atoms with Crippen LogP contribution in [-0.4, -0.2) is 15.4 Å². The average molecular weight is 305 g/mol. The van der Waals surface area contributed by atoms with Crippen molar-refractivity contribution in [3.8, 4) is 0 Å². The minimum Gasteiger partial charge on any atom is -0.324 e. The molecule has 0 N–H and O–H groups in total. The standard InChI is InChI=1S/C18H25ClN2/c1-13-7-8-15-14(12-13)20-17(9-11-19)21(15)16-6-4-5-10-18(16,2)3/h7-8,12,16H,4-6,9-11H2,1-3H3. The van der Waals surface area contributed by atoms with Gasteiger partial charge < -0.3 is 4.57 Å². The van der Waals surface area contributed by atoms with Crippen molar-refractivity contribution in [3.63, 3.8) is 0 Å². The van der Waals surface area contributed by atoms with Crippen molar-refractivity contribution in [3.05, 3.63) is 29.6 Å². The number of rotatable bonds is 3. The lowest BCUT2D eigenvalue weighted by Gasteiger charge is -2.40. The molecule has 0 amide bonds. The van der Waals surface area contributed by atoms with Gasteiger partial charge in [0.25, 0.3) is 0 Å². The molecule has 1 heterocycles. The summed E-state index contributed by atoms with van der Waals surface area (Å²) in [4.78, 5) is 4.88. The van der Waals surface area contributed by atoms with Crippen LogP contribution in [0.3, 0.4) is 0 Å². The Bertz CT molecular complexity index is 642. The number of hydrogen-bond acceptors (Lipinski definition) is 1. The predicted molar refractivity (Wildman–Crippen MR) is 90.2 cm³/mol. The summed E-state index contributed by atoms with van der Waals surface area (Å²) >= 11 is 6.02. The van der Waals surface area contributed by atoms with Gasteiger partial charge >= 0.3 is 0 Å². The number of imidazole rings is 1. The second-order valence-electron chi connectivity index (χ2n) is 7.08. The van der Waals surface area contributed by atoms with Gasteiger partial charge in [0.1, 0.15) is 5.82 Å². The van der Waals surface area contributed by atoms with Gasteiger partial charge in [0.15, 0.2) is 0 Å². The maximum absolute atomic E-state index is 6.02. The lowest BCUT2D eigenvalue weighted by molar-refractivity contribution is 0.145. The summed E-state index contributed by atoms with van der Waals surface area (Å²) in [6.07, 6.45) is 6.06. The van der Waals surface area contributed by atoms with Gasteiger partial charge in [-0.3, -0.25) is 0 Å². The molecule has 0 bridgehead atoms. The van der Waals surface area contributed by atoms with E-state index in [2.05, 4.69) is 43.5 Å². The fourth-order valence-electron chi connectivity index (χ4n) is 3.82. The minimum atomic E-state index is 0.331. The van der Waals surface area contributed by atoms with Gasteiger partial charge in [-0.1, -0.05) is 32.8 Å². The van der Waals surface area contributed by atoms with Gasteiger partial charge in [0, 0.05) is 18.3 Å². The van der Waals surface area contributed by atoms with Crippen molar-refractivity contribution in [2.75, 3.05) is 5.88 Å². The Morgan fingerprint density at radius 3 is 2.86 bits per heavy atom. The number of halogens is 1. The van der Waals surface area contributed by atoms with Gasteiger partial charge in [0.2, 0.25) is 0 Å². The van der Waals surface area contributed by atoms with E-state index in [1.165, 1.54) is 36.8 Å². The zero-order valence-electron chi connectivity index (χ0n) is 13.3. The summed E-state index contributed by atoms with van der Waals surface area (Å²) in [6, 6.07) is 7.16. The lowest BCUT2D eigenvalue weighted by Crippen LogP contribution is -2.31. The normalized spacial score (nSPS) is 21.8. The van der Waals surface area contributed by atoms with Crippen LogP contribution in [0.4, 0.5) is 0 Å². The summed E-state index contributed by atoms with van der Waals surface area (Å²) in [5, 5.41) is 0. The molecule has 0 saturated heterocycles. The van der Waals surface area contributed by atoms with Crippen molar-refractivity contribution in [1.29, 1.82) is 0 Å². The number of benzene rings is 1. The Balaban J connectivity index is 2.16. The van der Waals surface area contributed by atoms with Crippen LogP contribution in [0.2, 0.25) is 0 Å². The monoisotopic (exact) mass is 304 g/mol. The number of hydrogen-bond donors (Lipinski definition) is 0. The van der Waals surface area contributed by atoms with E-state index in [0.717, 1.165) is 17.8 Å². The number of aromatic nitrogens is 2. The molecule has 0 aliphatic heterocycles. The molecule has 1 aromatic carbocycles. The molecule has 3 heteroatoms. The molecule has 114 valence electrons. The highest BCUT2D eigenvalue weighted by Gasteiger charge is 2.35. The van der Waals surface area contributed by atoms with E-state index in [1.807, 2.05) is 0 Å². The highest BCUT2D eigenvalue weighted by Crippen LogP contribution is 2.45. The highest BCUT2D eigenvalue weighted by molar-refractivity contribution is 6.17. The quantitative estimate of drug-likeness (QED) is 0.707. The zero-order valence-corrected chi connectivity index (χ0v) is 14.1. The highest BCUT2D eigenvalue weighted by atomic mass is 35.5. The summed E-state index contributed by atoms with van der Waals surface area (Å²) in [5.74, 6) is 1.79. The van der Waals surface area contributed by atoms with E-state index in [1.54, 1.807) is 0 Å². The van der Waals surface area contributed by atoms with Gasteiger partial charge in [-0.05, 0) is 42.9 Å². The molecule has 0 radical (unpaired) electrons. The van der Waals surface area contributed by atoms with Crippen molar-refractivity contribution < 1.29 is 0 Å². The summed E-state index contributed by atoms with van der Waals surface area (Å²) in [7, 11) is 0. The Morgan fingerprint density at radius 1 is 1.33 bits per heavy atom. The minimum absolute atomic E-state index is 0.331. The molecule has 21 heavy (non-hydrogen) atoms. The molecule has 1 aliphatic carbocycles. The first-order valence-electron chi connectivity index (χ1n) is 8.06. The van der Waals surface area contributed by atoms with Crippen LogP contribution >= 0.6 is 11.6 Å². The third-order valence-corrected chi connectivity index (χ3v) is 5.19. The molecular weight excluding hydrogens is 280 g/mol. The number of fused-ring (bicyclic) bond motifs is 1. The Labute approximate surface area is 132 Å². The van der Waals surface area contributed by atoms with Crippen LogP contribution in [0.15, 0.2) is 18.2 Å². The van der Waals surface area contributed by atoms with Crippen LogP contribution in [0.25, 0.3) is 11.0 Å². The third-order valence-electron chi connectivity index (χ3n) is 5.00. The van der Waals surface area contributed by atoms with E-state index in [-0.39, 0.29) is 0 Å². The number of nitrogens with zero attached hydrogens (tertiary/aromatic N) is 2. The first-order valence-corrected chi connectivity index (χ1v) is 8.60. The lowest BCUT2D eigenvalue weighted by atomic mass is 9.73. The zero-order chi connectivity index (χ0) is 15.0. The van der Waals surface area contributed by atoms with E-state index in [4.69, 9.17) is 16.6 Å². The molecule has 1 saturated carbocycles. The van der Waals surface area contributed by atoms with Gasteiger partial charge in [-0.15, -0.1) is 11.6 Å². The van der Waals surface area contributed by atoms with Crippen LogP contribution < -0.4 is 0 Å². The van der Waals surface area contributed by atoms with Crippen molar-refractivity contribution in [2.45, 2.75) is 58.9 Å². The molecule has 1 aromatic heterocycles. The van der Waals surface area contributed by atoms with E-state index in [9.17, 15) is 0 Å². The topological polar surface area (TPSA) is 17.8 Å². The fourth-order valence-corrected chi connectivity index (χ4v) is 3.99. The fraction of sp³-hybridized carbons (Fsp3) is 0.611. The SMILES string of the molecule is Cc1ccc2c(c1)nc(CCCl)n2C1CCCCC1(C)C. The van der Waals surface area contributed by atoms with E-state index < -0.39 is 0 Å². The maximum Gasteiger partial charge on any atom is 0.111 e. The molecule has 1 atom stereocenters. The van der Waals surface area contributed by atoms with Crippen molar-refractivity contribution in [1.82, 2.24) is 9.55 Å². The first-order chi connectivity index (χ1) is 10.0. The number of aryl methyl sites for hydroxylation is 2. The summed E-state index contributed by atoms with van der Waals surface area (Å²) in [6.45, 7) is 6.94. The maximum atomic E-state index is 6.02. The summed E-state index contributed by atoms with van der Waals surface area (Å²) in [5.41, 5.74) is 4.00. The largest absolute Gasteiger partial charge is 0.324 e. The molecular formula is C18H25ClN2. The van der Waals surface area contributed by atoms with Gasteiger partial charge in [0.05, 0.1) is 11.0 Å². The predicted octanol–water partition coefficient (Wildman–Crippen LogP) is 5.27. The molecule has 0 spiro atoms. The molecule has 3 rings (SSSR count). The molecule has 1 fully saturated rings. The van der Waals surface area contributed by atoms with Crippen LogP contribution in [0.1, 0.15) is 57.0 Å². The summed E-state index contributed by atoms with van der Waals surface area (Å²) < 4.78 is 2.50. The third kappa shape index (κ3) is 2.70.